The molecule has 0 amide bonds. The predicted octanol–water partition coefficient (Wildman–Crippen LogP) is 1.24. The topological polar surface area (TPSA) is 67.6 Å². The van der Waals surface area contributed by atoms with Crippen molar-refractivity contribution in [1.29, 1.82) is 5.26 Å². The van der Waals surface area contributed by atoms with Crippen LogP contribution in [0.15, 0.2) is 23.2 Å². The lowest BCUT2D eigenvalue weighted by molar-refractivity contribution is 0.921. The van der Waals surface area contributed by atoms with Gasteiger partial charge >= 0.3 is 0 Å². The lowest BCUT2D eigenvalue weighted by Gasteiger charge is -1.98. The van der Waals surface area contributed by atoms with E-state index in [-0.39, 0.29) is 0 Å². The molecule has 0 spiro atoms. The second kappa shape index (κ2) is 2.68. The minimum Gasteiger partial charge on any atom is -0.399 e. The van der Waals surface area contributed by atoms with Crippen molar-refractivity contribution in [2.45, 2.75) is 4.90 Å². The molecule has 0 atom stereocenters. The van der Waals surface area contributed by atoms with Crippen LogP contribution in [0, 0.1) is 11.5 Å². The normalized spacial score (nSPS) is 10.2. The van der Waals surface area contributed by atoms with Crippen LogP contribution in [0.5, 0.6) is 0 Å². The Bertz CT molecular complexity index is 509. The fourth-order valence-corrected chi connectivity index (χ4v) is 1.62. The molecule has 4 nitrogen and oxygen atoms in total. The first-order chi connectivity index (χ1) is 6.22. The third-order valence-corrected chi connectivity index (χ3v) is 2.10. The number of nitrogens with zero attached hydrogens (tertiary/aromatic N) is 3. The van der Waals surface area contributed by atoms with Crippen LogP contribution in [0.4, 0.5) is 5.69 Å². The first kappa shape index (κ1) is 7.95. The van der Waals surface area contributed by atoms with Gasteiger partial charge in [-0.15, -0.1) is 12.6 Å². The standard InChI is InChI=1S/C8H6N4S/c9-4-12-8-5(3-11-12)1-6(10)2-7(8)13/h1-3,13H,10H2. The van der Waals surface area contributed by atoms with E-state index in [1.165, 1.54) is 4.68 Å². The minimum atomic E-state index is 0.620. The molecule has 64 valence electrons. The molecular weight excluding hydrogens is 184 g/mol. The molecule has 0 fully saturated rings. The minimum absolute atomic E-state index is 0.620. The Labute approximate surface area is 80.0 Å². The van der Waals surface area contributed by atoms with Crippen LogP contribution in [0.1, 0.15) is 0 Å². The SMILES string of the molecule is N#Cn1ncc2cc(N)cc(S)c21. The van der Waals surface area contributed by atoms with Crippen molar-refractivity contribution in [3.8, 4) is 6.19 Å². The Morgan fingerprint density at radius 3 is 3.00 bits per heavy atom. The quantitative estimate of drug-likeness (QED) is 0.485. The summed E-state index contributed by atoms with van der Waals surface area (Å²) in [6.45, 7) is 0. The summed E-state index contributed by atoms with van der Waals surface area (Å²) < 4.78 is 1.22. The molecule has 0 radical (unpaired) electrons. The summed E-state index contributed by atoms with van der Waals surface area (Å²) in [4.78, 5) is 0.661. The molecule has 0 unspecified atom stereocenters. The van der Waals surface area contributed by atoms with Gasteiger partial charge in [-0.25, -0.2) is 0 Å². The van der Waals surface area contributed by atoms with E-state index >= 15 is 0 Å². The molecule has 0 saturated heterocycles. The number of rotatable bonds is 0. The number of nitriles is 1. The maximum Gasteiger partial charge on any atom is 0.207 e. The molecule has 0 bridgehead atoms. The molecule has 2 N–H and O–H groups in total. The van der Waals surface area contributed by atoms with Gasteiger partial charge in [0.1, 0.15) is 0 Å². The number of anilines is 1. The molecule has 0 aliphatic carbocycles. The van der Waals surface area contributed by atoms with E-state index in [0.717, 1.165) is 5.39 Å². The third-order valence-electron chi connectivity index (χ3n) is 1.76. The highest BCUT2D eigenvalue weighted by atomic mass is 32.1. The van der Waals surface area contributed by atoms with Crippen molar-refractivity contribution >= 4 is 29.2 Å². The fourth-order valence-electron chi connectivity index (χ4n) is 1.25. The summed E-state index contributed by atoms with van der Waals surface area (Å²) in [6.07, 6.45) is 3.52. The van der Waals surface area contributed by atoms with Crippen LogP contribution in [0.2, 0.25) is 0 Å². The van der Waals surface area contributed by atoms with Crippen molar-refractivity contribution in [3.63, 3.8) is 0 Å². The summed E-state index contributed by atoms with van der Waals surface area (Å²) in [5.74, 6) is 0. The predicted molar refractivity (Wildman–Crippen MR) is 52.4 cm³/mol. The lowest BCUT2D eigenvalue weighted by Crippen LogP contribution is -1.91. The van der Waals surface area contributed by atoms with Crippen molar-refractivity contribution in [2.75, 3.05) is 5.73 Å². The number of thiol groups is 1. The van der Waals surface area contributed by atoms with Gasteiger partial charge in [0.25, 0.3) is 0 Å². The van der Waals surface area contributed by atoms with E-state index in [1.54, 1.807) is 18.3 Å². The van der Waals surface area contributed by atoms with Gasteiger partial charge in [-0.05, 0) is 12.1 Å². The van der Waals surface area contributed by atoms with Gasteiger partial charge in [0.2, 0.25) is 6.19 Å². The largest absolute Gasteiger partial charge is 0.399 e. The second-order valence-corrected chi connectivity index (χ2v) is 3.12. The van der Waals surface area contributed by atoms with Crippen molar-refractivity contribution < 1.29 is 0 Å². The van der Waals surface area contributed by atoms with E-state index in [0.29, 0.717) is 16.1 Å². The van der Waals surface area contributed by atoms with Gasteiger partial charge < -0.3 is 5.73 Å². The summed E-state index contributed by atoms with van der Waals surface area (Å²) >= 11 is 4.22. The van der Waals surface area contributed by atoms with E-state index in [1.807, 2.05) is 6.19 Å². The molecular formula is C8H6N4S. The van der Waals surface area contributed by atoms with E-state index in [9.17, 15) is 0 Å². The van der Waals surface area contributed by atoms with E-state index in [2.05, 4.69) is 17.7 Å². The van der Waals surface area contributed by atoms with Gasteiger partial charge in [-0.1, -0.05) is 0 Å². The molecule has 1 heterocycles. The molecule has 0 aliphatic rings. The van der Waals surface area contributed by atoms with Gasteiger partial charge in [-0.3, -0.25) is 0 Å². The van der Waals surface area contributed by atoms with Gasteiger partial charge in [-0.2, -0.15) is 15.0 Å². The Balaban J connectivity index is 2.92. The first-order valence-corrected chi connectivity index (χ1v) is 4.03. The first-order valence-electron chi connectivity index (χ1n) is 3.58. The van der Waals surface area contributed by atoms with Crippen LogP contribution in [-0.4, -0.2) is 9.78 Å². The molecule has 2 aromatic rings. The Morgan fingerprint density at radius 2 is 2.31 bits per heavy atom. The van der Waals surface area contributed by atoms with Crippen LogP contribution >= 0.6 is 12.6 Å². The Hall–Kier alpha value is -1.67. The number of aromatic nitrogens is 2. The van der Waals surface area contributed by atoms with Gasteiger partial charge in [0, 0.05) is 16.0 Å². The highest BCUT2D eigenvalue weighted by molar-refractivity contribution is 7.80. The number of nitrogen functional groups attached to an aromatic ring is 1. The molecule has 1 aromatic heterocycles. The molecule has 0 aliphatic heterocycles. The zero-order chi connectivity index (χ0) is 9.42. The average Bonchev–Trinajstić information content (AvgIpc) is 2.47. The maximum atomic E-state index is 8.70. The van der Waals surface area contributed by atoms with E-state index in [4.69, 9.17) is 11.0 Å². The summed E-state index contributed by atoms with van der Waals surface area (Å²) in [5, 5.41) is 13.4. The molecule has 2 rings (SSSR count). The summed E-state index contributed by atoms with van der Waals surface area (Å²) in [7, 11) is 0. The summed E-state index contributed by atoms with van der Waals surface area (Å²) in [5.41, 5.74) is 6.92. The smallest absolute Gasteiger partial charge is 0.207 e. The van der Waals surface area contributed by atoms with Crippen LogP contribution in [-0.2, 0) is 0 Å². The number of hydrogen-bond acceptors (Lipinski definition) is 4. The third kappa shape index (κ3) is 1.12. The van der Waals surface area contributed by atoms with Gasteiger partial charge in [0.15, 0.2) is 0 Å². The monoisotopic (exact) mass is 190 g/mol. The summed E-state index contributed by atoms with van der Waals surface area (Å²) in [6, 6.07) is 3.46. The van der Waals surface area contributed by atoms with Crippen molar-refractivity contribution in [2.24, 2.45) is 0 Å². The van der Waals surface area contributed by atoms with Crippen molar-refractivity contribution in [3.05, 3.63) is 18.3 Å². The zero-order valence-corrected chi connectivity index (χ0v) is 7.49. The zero-order valence-electron chi connectivity index (χ0n) is 6.60. The molecule has 1 aromatic carbocycles. The highest BCUT2D eigenvalue weighted by Crippen LogP contribution is 2.24. The molecule has 13 heavy (non-hydrogen) atoms. The van der Waals surface area contributed by atoms with Crippen LogP contribution in [0.25, 0.3) is 10.9 Å². The number of fused-ring (bicyclic) bond motifs is 1. The lowest BCUT2D eigenvalue weighted by atomic mass is 10.2. The van der Waals surface area contributed by atoms with Gasteiger partial charge in [0.05, 0.1) is 11.7 Å². The number of nitrogens with two attached hydrogens (primary N) is 1. The van der Waals surface area contributed by atoms with Crippen LogP contribution in [0.3, 0.4) is 0 Å². The fraction of sp³-hybridized carbons (Fsp3) is 0. The number of benzene rings is 1. The van der Waals surface area contributed by atoms with E-state index < -0.39 is 0 Å². The Morgan fingerprint density at radius 1 is 1.54 bits per heavy atom. The molecule has 0 saturated carbocycles. The number of hydrogen-bond donors (Lipinski definition) is 2. The highest BCUT2D eigenvalue weighted by Gasteiger charge is 2.06. The maximum absolute atomic E-state index is 8.70. The van der Waals surface area contributed by atoms with Crippen molar-refractivity contribution in [1.82, 2.24) is 9.78 Å². The Kier molecular flexibility index (Phi) is 1.64. The second-order valence-electron chi connectivity index (χ2n) is 2.63. The van der Waals surface area contributed by atoms with Crippen LogP contribution < -0.4 is 5.73 Å². The molecule has 5 heteroatoms. The average molecular weight is 190 g/mol.